The summed E-state index contributed by atoms with van der Waals surface area (Å²) < 4.78 is 2.33. The van der Waals surface area contributed by atoms with Crippen LogP contribution in [0.1, 0.15) is 24.1 Å². The largest absolute Gasteiger partial charge is 0.347 e. The second-order valence-corrected chi connectivity index (χ2v) is 4.42. The molecule has 0 aliphatic heterocycles. The molecule has 1 aliphatic rings. The number of rotatable bonds is 0. The lowest BCUT2D eigenvalue weighted by Gasteiger charge is -2.15. The van der Waals surface area contributed by atoms with Crippen LogP contribution in [0.4, 0.5) is 0 Å². The molecule has 1 aliphatic carbocycles. The second-order valence-electron chi connectivity index (χ2n) is 4.42. The van der Waals surface area contributed by atoms with Gasteiger partial charge < -0.3 is 4.57 Å². The van der Waals surface area contributed by atoms with E-state index >= 15 is 0 Å². The molecule has 0 spiro atoms. The molecule has 0 radical (unpaired) electrons. The maximum Gasteiger partial charge on any atom is 0.0486 e. The minimum atomic E-state index is 1.12. The van der Waals surface area contributed by atoms with Gasteiger partial charge in [-0.15, -0.1) is 0 Å². The molecular formula is C14H16N2. The van der Waals surface area contributed by atoms with Crippen LogP contribution in [0.3, 0.4) is 0 Å². The van der Waals surface area contributed by atoms with E-state index in [9.17, 15) is 0 Å². The predicted molar refractivity (Wildman–Crippen MR) is 68.3 cm³/mol. The van der Waals surface area contributed by atoms with E-state index in [-0.39, 0.29) is 0 Å². The van der Waals surface area contributed by atoms with E-state index in [4.69, 9.17) is 0 Å². The van der Waals surface area contributed by atoms with Gasteiger partial charge in [-0.05, 0) is 25.3 Å². The van der Waals surface area contributed by atoms with Gasteiger partial charge in [0.15, 0.2) is 0 Å². The zero-order chi connectivity index (χ0) is 11.1. The van der Waals surface area contributed by atoms with Crippen molar-refractivity contribution in [3.63, 3.8) is 0 Å². The molecule has 0 bridgehead atoms. The highest BCUT2D eigenvalue weighted by atomic mass is 15.0. The molecule has 16 heavy (non-hydrogen) atoms. The third kappa shape index (κ3) is 1.16. The normalized spacial score (nSPS) is 18.0. The molecule has 1 heterocycles. The van der Waals surface area contributed by atoms with Crippen molar-refractivity contribution in [2.45, 2.75) is 19.3 Å². The number of nitrogens with zero attached hydrogens (tertiary/aromatic N) is 2. The van der Waals surface area contributed by atoms with Gasteiger partial charge in [0.1, 0.15) is 0 Å². The summed E-state index contributed by atoms with van der Waals surface area (Å²) in [6.07, 6.45) is 3.53. The Morgan fingerprint density at radius 1 is 1.19 bits per heavy atom. The SMILES string of the molecule is CN=C1CCCc2c1c1ccccc1n2C. The van der Waals surface area contributed by atoms with E-state index in [1.54, 1.807) is 0 Å². The number of aromatic nitrogens is 1. The Morgan fingerprint density at radius 2 is 2.00 bits per heavy atom. The number of benzene rings is 1. The van der Waals surface area contributed by atoms with Crippen molar-refractivity contribution in [3.8, 4) is 0 Å². The van der Waals surface area contributed by atoms with Crippen LogP contribution in [0.5, 0.6) is 0 Å². The second kappa shape index (κ2) is 3.48. The van der Waals surface area contributed by atoms with Crippen LogP contribution >= 0.6 is 0 Å². The minimum absolute atomic E-state index is 1.12. The third-order valence-corrected chi connectivity index (χ3v) is 3.61. The van der Waals surface area contributed by atoms with E-state index in [1.165, 1.54) is 40.7 Å². The zero-order valence-electron chi connectivity index (χ0n) is 9.83. The topological polar surface area (TPSA) is 17.3 Å². The lowest BCUT2D eigenvalue weighted by Crippen LogP contribution is -2.12. The van der Waals surface area contributed by atoms with Gasteiger partial charge in [0.25, 0.3) is 0 Å². The molecule has 0 atom stereocenters. The lowest BCUT2D eigenvalue weighted by molar-refractivity contribution is 0.760. The molecule has 0 fully saturated rings. The Bertz CT molecular complexity index is 576. The first kappa shape index (κ1) is 9.64. The Labute approximate surface area is 95.6 Å². The van der Waals surface area contributed by atoms with Crippen molar-refractivity contribution >= 4 is 16.6 Å². The van der Waals surface area contributed by atoms with Gasteiger partial charge in [0, 0.05) is 42.0 Å². The van der Waals surface area contributed by atoms with Crippen LogP contribution in [0.2, 0.25) is 0 Å². The van der Waals surface area contributed by atoms with E-state index in [0.29, 0.717) is 0 Å². The van der Waals surface area contributed by atoms with Crippen LogP contribution in [0.25, 0.3) is 10.9 Å². The molecule has 0 amide bonds. The van der Waals surface area contributed by atoms with Gasteiger partial charge >= 0.3 is 0 Å². The standard InChI is InChI=1S/C14H16N2/c1-15-11-7-5-9-13-14(11)10-6-3-4-8-12(10)16(13)2/h3-4,6,8H,5,7,9H2,1-2H3. The number of para-hydroxylation sites is 1. The van der Waals surface area contributed by atoms with Crippen molar-refractivity contribution in [3.05, 3.63) is 35.5 Å². The van der Waals surface area contributed by atoms with Crippen molar-refractivity contribution in [1.29, 1.82) is 0 Å². The van der Waals surface area contributed by atoms with E-state index < -0.39 is 0 Å². The van der Waals surface area contributed by atoms with E-state index in [1.807, 2.05) is 7.05 Å². The molecule has 2 heteroatoms. The molecule has 2 aromatic rings. The van der Waals surface area contributed by atoms with E-state index in [2.05, 4.69) is 40.9 Å². The molecule has 2 nitrogen and oxygen atoms in total. The number of aryl methyl sites for hydroxylation is 1. The van der Waals surface area contributed by atoms with Gasteiger partial charge in [0.2, 0.25) is 0 Å². The maximum atomic E-state index is 4.46. The molecule has 0 saturated heterocycles. The summed E-state index contributed by atoms with van der Waals surface area (Å²) in [6.45, 7) is 0. The highest BCUT2D eigenvalue weighted by Crippen LogP contribution is 2.31. The van der Waals surface area contributed by atoms with E-state index in [0.717, 1.165) is 6.42 Å². The quantitative estimate of drug-likeness (QED) is 0.639. The summed E-state index contributed by atoms with van der Waals surface area (Å²) in [5.41, 5.74) is 5.45. The number of hydrogen-bond donors (Lipinski definition) is 0. The molecule has 0 unspecified atom stereocenters. The average molecular weight is 212 g/mol. The van der Waals surface area contributed by atoms with Crippen LogP contribution in [0, 0.1) is 0 Å². The van der Waals surface area contributed by atoms with Gasteiger partial charge in [-0.1, -0.05) is 18.2 Å². The van der Waals surface area contributed by atoms with Crippen molar-refractivity contribution in [2.24, 2.45) is 12.0 Å². The van der Waals surface area contributed by atoms with Crippen molar-refractivity contribution in [2.75, 3.05) is 7.05 Å². The Balaban J connectivity index is 2.43. The summed E-state index contributed by atoms with van der Waals surface area (Å²) in [7, 11) is 4.08. The number of fused-ring (bicyclic) bond motifs is 3. The number of hydrogen-bond acceptors (Lipinski definition) is 1. The summed E-state index contributed by atoms with van der Waals surface area (Å²) >= 11 is 0. The molecule has 0 saturated carbocycles. The predicted octanol–water partition coefficient (Wildman–Crippen LogP) is 2.93. The van der Waals surface area contributed by atoms with Crippen molar-refractivity contribution < 1.29 is 0 Å². The molecule has 1 aromatic carbocycles. The number of aliphatic imine (C=N–C) groups is 1. The third-order valence-electron chi connectivity index (χ3n) is 3.61. The minimum Gasteiger partial charge on any atom is -0.347 e. The first-order valence-electron chi connectivity index (χ1n) is 5.85. The summed E-state index contributed by atoms with van der Waals surface area (Å²) in [5.74, 6) is 0. The first-order valence-corrected chi connectivity index (χ1v) is 5.85. The van der Waals surface area contributed by atoms with Gasteiger partial charge in [-0.25, -0.2) is 0 Å². The monoisotopic (exact) mass is 212 g/mol. The molecule has 1 aromatic heterocycles. The molecule has 3 rings (SSSR count). The van der Waals surface area contributed by atoms with Gasteiger partial charge in [-0.2, -0.15) is 0 Å². The summed E-state index contributed by atoms with van der Waals surface area (Å²) in [6, 6.07) is 8.63. The van der Waals surface area contributed by atoms with Crippen LogP contribution in [0.15, 0.2) is 29.3 Å². The van der Waals surface area contributed by atoms with Gasteiger partial charge in [-0.3, -0.25) is 4.99 Å². The highest BCUT2D eigenvalue weighted by molar-refractivity contribution is 6.12. The Morgan fingerprint density at radius 3 is 2.81 bits per heavy atom. The van der Waals surface area contributed by atoms with Crippen molar-refractivity contribution in [1.82, 2.24) is 4.57 Å². The highest BCUT2D eigenvalue weighted by Gasteiger charge is 2.22. The zero-order valence-corrected chi connectivity index (χ0v) is 9.83. The Hall–Kier alpha value is -1.57. The maximum absolute atomic E-state index is 4.46. The fraction of sp³-hybridized carbons (Fsp3) is 0.357. The van der Waals surface area contributed by atoms with Crippen LogP contribution in [-0.2, 0) is 13.5 Å². The summed E-state index contributed by atoms with van der Waals surface area (Å²) in [4.78, 5) is 4.46. The average Bonchev–Trinajstić information content (AvgIpc) is 2.64. The molecular weight excluding hydrogens is 196 g/mol. The molecule has 82 valence electrons. The lowest BCUT2D eigenvalue weighted by atomic mass is 9.93. The summed E-state index contributed by atoms with van der Waals surface area (Å²) in [5, 5.41) is 1.36. The van der Waals surface area contributed by atoms with Gasteiger partial charge in [0.05, 0.1) is 0 Å². The van der Waals surface area contributed by atoms with Crippen LogP contribution in [-0.4, -0.2) is 17.3 Å². The smallest absolute Gasteiger partial charge is 0.0486 e. The first-order chi connectivity index (χ1) is 7.83. The molecule has 0 N–H and O–H groups in total. The van der Waals surface area contributed by atoms with Crippen LogP contribution < -0.4 is 0 Å². The Kier molecular flexibility index (Phi) is 2.10. The fourth-order valence-corrected chi connectivity index (χ4v) is 2.83. The fourth-order valence-electron chi connectivity index (χ4n) is 2.83.